The minimum absolute atomic E-state index is 0.215. The van der Waals surface area contributed by atoms with Gasteiger partial charge in [-0.3, -0.25) is 0 Å². The number of anilines is 2. The van der Waals surface area contributed by atoms with E-state index >= 15 is 0 Å². The van der Waals surface area contributed by atoms with Crippen LogP contribution >= 0.6 is 0 Å². The first-order valence-electron chi connectivity index (χ1n) is 7.36. The number of hydrogen-bond acceptors (Lipinski definition) is 3. The van der Waals surface area contributed by atoms with Crippen molar-refractivity contribution >= 4 is 11.5 Å². The molecule has 0 aliphatic heterocycles. The fraction of sp³-hybridized carbons (Fsp3) is 0.353. The minimum atomic E-state index is -0.215. The molecule has 0 spiro atoms. The maximum atomic E-state index is 13.2. The average Bonchev–Trinajstić information content (AvgIpc) is 3.29. The van der Waals surface area contributed by atoms with Crippen LogP contribution in [0.2, 0.25) is 0 Å². The van der Waals surface area contributed by atoms with Gasteiger partial charge in [0.2, 0.25) is 0 Å². The highest BCUT2D eigenvalue weighted by Crippen LogP contribution is 2.31. The van der Waals surface area contributed by atoms with Gasteiger partial charge in [0, 0.05) is 19.2 Å². The number of benzene rings is 1. The Hall–Kier alpha value is -2.10. The molecular weight excluding hydrogens is 265 g/mol. The molecule has 110 valence electrons. The molecule has 0 unspecified atom stereocenters. The molecule has 3 nitrogen and oxygen atoms in total. The van der Waals surface area contributed by atoms with Gasteiger partial charge in [-0.25, -0.2) is 9.37 Å². The second-order valence-electron chi connectivity index (χ2n) is 5.63. The molecule has 1 aliphatic carbocycles. The van der Waals surface area contributed by atoms with Crippen molar-refractivity contribution in [2.24, 2.45) is 5.92 Å². The zero-order valence-electron chi connectivity index (χ0n) is 12.4. The summed E-state index contributed by atoms with van der Waals surface area (Å²) in [7, 11) is 1.87. The number of hydrogen-bond donors (Lipinski definition) is 2. The third kappa shape index (κ3) is 3.15. The van der Waals surface area contributed by atoms with Gasteiger partial charge < -0.3 is 10.6 Å². The number of pyridine rings is 1. The zero-order chi connectivity index (χ0) is 14.8. The van der Waals surface area contributed by atoms with E-state index in [-0.39, 0.29) is 5.82 Å². The second-order valence-corrected chi connectivity index (χ2v) is 5.63. The van der Waals surface area contributed by atoms with Gasteiger partial charge in [0.05, 0.1) is 11.4 Å². The molecule has 1 aliphatic rings. The molecule has 0 amide bonds. The lowest BCUT2D eigenvalue weighted by atomic mass is 10.0. The third-order valence-corrected chi connectivity index (χ3v) is 3.87. The largest absolute Gasteiger partial charge is 0.382 e. The lowest BCUT2D eigenvalue weighted by Crippen LogP contribution is -2.07. The quantitative estimate of drug-likeness (QED) is 0.870. The molecule has 1 aromatic carbocycles. The number of nitrogens with zero attached hydrogens (tertiary/aromatic N) is 1. The Bertz CT molecular complexity index is 650. The van der Waals surface area contributed by atoms with Gasteiger partial charge in [-0.1, -0.05) is 0 Å². The van der Waals surface area contributed by atoms with Crippen LogP contribution in [0.25, 0.3) is 11.3 Å². The molecule has 3 rings (SSSR count). The lowest BCUT2D eigenvalue weighted by Gasteiger charge is -2.13. The van der Waals surface area contributed by atoms with Crippen LogP contribution in [0.4, 0.5) is 15.9 Å². The molecule has 4 heteroatoms. The highest BCUT2D eigenvalue weighted by atomic mass is 19.1. The number of aromatic nitrogens is 1. The first kappa shape index (κ1) is 13.9. The van der Waals surface area contributed by atoms with Gasteiger partial charge in [-0.05, 0) is 61.6 Å². The van der Waals surface area contributed by atoms with Crippen LogP contribution in [0.15, 0.2) is 30.3 Å². The van der Waals surface area contributed by atoms with Crippen molar-refractivity contribution in [1.82, 2.24) is 4.98 Å². The summed E-state index contributed by atoms with van der Waals surface area (Å²) in [6.45, 7) is 2.91. The predicted molar refractivity (Wildman–Crippen MR) is 85.1 cm³/mol. The average molecular weight is 285 g/mol. The Kier molecular flexibility index (Phi) is 3.78. The highest BCUT2D eigenvalue weighted by Gasteiger charge is 2.21. The Balaban J connectivity index is 1.88. The van der Waals surface area contributed by atoms with E-state index in [1.807, 2.05) is 26.1 Å². The smallest absolute Gasteiger partial charge is 0.149 e. The first-order chi connectivity index (χ1) is 10.2. The normalized spacial score (nSPS) is 14.0. The Labute approximate surface area is 124 Å². The summed E-state index contributed by atoms with van der Waals surface area (Å²) >= 11 is 0. The van der Waals surface area contributed by atoms with E-state index in [2.05, 4.69) is 15.6 Å². The van der Waals surface area contributed by atoms with E-state index in [1.165, 1.54) is 25.0 Å². The minimum Gasteiger partial charge on any atom is -0.382 e. The molecule has 1 heterocycles. The Morgan fingerprint density at radius 3 is 2.71 bits per heavy atom. The standard InChI is InChI=1S/C17H20FN3/c1-11-9-13(18)5-6-14(11)15-7-8-16(17(19-2)21-15)20-10-12-3-4-12/h5-9,12,20H,3-4,10H2,1-2H3,(H,19,21). The van der Waals surface area contributed by atoms with E-state index in [1.54, 1.807) is 6.07 Å². The van der Waals surface area contributed by atoms with Crippen LogP contribution in [-0.4, -0.2) is 18.6 Å². The molecule has 1 aromatic heterocycles. The van der Waals surface area contributed by atoms with Crippen LogP contribution in [0.3, 0.4) is 0 Å². The summed E-state index contributed by atoms with van der Waals surface area (Å²) in [6, 6.07) is 8.82. The lowest BCUT2D eigenvalue weighted by molar-refractivity contribution is 0.627. The molecule has 0 bridgehead atoms. The summed E-state index contributed by atoms with van der Waals surface area (Å²) < 4.78 is 13.2. The molecule has 1 saturated carbocycles. The Morgan fingerprint density at radius 2 is 2.05 bits per heavy atom. The van der Waals surface area contributed by atoms with Gasteiger partial charge in [-0.2, -0.15) is 0 Å². The van der Waals surface area contributed by atoms with Crippen molar-refractivity contribution in [2.75, 3.05) is 24.2 Å². The van der Waals surface area contributed by atoms with Crippen LogP contribution in [0.1, 0.15) is 18.4 Å². The fourth-order valence-corrected chi connectivity index (χ4v) is 2.43. The molecule has 21 heavy (non-hydrogen) atoms. The predicted octanol–water partition coefficient (Wildman–Crippen LogP) is 4.06. The van der Waals surface area contributed by atoms with Crippen LogP contribution < -0.4 is 10.6 Å². The van der Waals surface area contributed by atoms with Crippen molar-refractivity contribution < 1.29 is 4.39 Å². The molecule has 0 saturated heterocycles. The summed E-state index contributed by atoms with van der Waals surface area (Å²) in [4.78, 5) is 4.65. The topological polar surface area (TPSA) is 37.0 Å². The first-order valence-corrected chi connectivity index (χ1v) is 7.36. The van der Waals surface area contributed by atoms with E-state index in [9.17, 15) is 4.39 Å². The van der Waals surface area contributed by atoms with Gasteiger partial charge in [-0.15, -0.1) is 0 Å². The van der Waals surface area contributed by atoms with Crippen LogP contribution in [0, 0.1) is 18.7 Å². The van der Waals surface area contributed by atoms with Gasteiger partial charge >= 0.3 is 0 Å². The molecule has 2 N–H and O–H groups in total. The fourth-order valence-electron chi connectivity index (χ4n) is 2.43. The van der Waals surface area contributed by atoms with Crippen molar-refractivity contribution in [1.29, 1.82) is 0 Å². The summed E-state index contributed by atoms with van der Waals surface area (Å²) in [5.74, 6) is 1.43. The Morgan fingerprint density at radius 1 is 1.24 bits per heavy atom. The number of halogens is 1. The van der Waals surface area contributed by atoms with E-state index in [4.69, 9.17) is 0 Å². The van der Waals surface area contributed by atoms with Crippen molar-refractivity contribution in [3.05, 3.63) is 41.7 Å². The van der Waals surface area contributed by atoms with Crippen molar-refractivity contribution in [3.63, 3.8) is 0 Å². The zero-order valence-corrected chi connectivity index (χ0v) is 12.4. The van der Waals surface area contributed by atoms with Crippen LogP contribution in [0.5, 0.6) is 0 Å². The molecule has 0 atom stereocenters. The second kappa shape index (κ2) is 5.72. The summed E-state index contributed by atoms with van der Waals surface area (Å²) in [6.07, 6.45) is 2.64. The number of nitrogens with one attached hydrogen (secondary N) is 2. The molecule has 0 radical (unpaired) electrons. The van der Waals surface area contributed by atoms with Crippen molar-refractivity contribution in [2.45, 2.75) is 19.8 Å². The number of aryl methyl sites for hydroxylation is 1. The molecule has 1 fully saturated rings. The van der Waals surface area contributed by atoms with Crippen LogP contribution in [-0.2, 0) is 0 Å². The van der Waals surface area contributed by atoms with Gasteiger partial charge in [0.25, 0.3) is 0 Å². The van der Waals surface area contributed by atoms with E-state index < -0.39 is 0 Å². The molecule has 2 aromatic rings. The van der Waals surface area contributed by atoms with E-state index in [0.717, 1.165) is 40.8 Å². The number of rotatable bonds is 5. The third-order valence-electron chi connectivity index (χ3n) is 3.87. The SMILES string of the molecule is CNc1nc(-c2ccc(F)cc2C)ccc1NCC1CC1. The monoisotopic (exact) mass is 285 g/mol. The van der Waals surface area contributed by atoms with E-state index in [0.29, 0.717) is 0 Å². The summed E-state index contributed by atoms with van der Waals surface area (Å²) in [5.41, 5.74) is 3.73. The van der Waals surface area contributed by atoms with Crippen molar-refractivity contribution in [3.8, 4) is 11.3 Å². The van der Waals surface area contributed by atoms with Gasteiger partial charge in [0.15, 0.2) is 0 Å². The summed E-state index contributed by atoms with van der Waals surface area (Å²) in [5, 5.41) is 6.58. The maximum absolute atomic E-state index is 13.2. The highest BCUT2D eigenvalue weighted by molar-refractivity contribution is 5.72. The maximum Gasteiger partial charge on any atom is 0.149 e. The van der Waals surface area contributed by atoms with Gasteiger partial charge in [0.1, 0.15) is 11.6 Å². The molecular formula is C17H20FN3.